The topological polar surface area (TPSA) is 9.23 Å². The molecule has 1 nitrogen and oxygen atoms in total. The Morgan fingerprint density at radius 2 is 1.85 bits per heavy atom. The van der Waals surface area contributed by atoms with Crippen LogP contribution in [0.15, 0.2) is 0 Å². The fourth-order valence-corrected chi connectivity index (χ4v) is 1.72. The van der Waals surface area contributed by atoms with Crippen LogP contribution in [0.5, 0.6) is 0 Å². The van der Waals surface area contributed by atoms with Crippen LogP contribution in [-0.2, 0) is 4.74 Å². The molecule has 78 valence electrons. The number of ether oxygens (including phenoxy) is 1. The predicted molar refractivity (Wildman–Crippen MR) is 39.1 cm³/mol. The van der Waals surface area contributed by atoms with Crippen LogP contribution in [0.4, 0.5) is 17.6 Å². The van der Waals surface area contributed by atoms with Crippen LogP contribution in [-0.4, -0.2) is 25.6 Å². The van der Waals surface area contributed by atoms with Gasteiger partial charge >= 0.3 is 6.18 Å². The van der Waals surface area contributed by atoms with Crippen LogP contribution in [0.1, 0.15) is 19.3 Å². The molecule has 0 aromatic carbocycles. The van der Waals surface area contributed by atoms with Crippen molar-refractivity contribution >= 4 is 0 Å². The van der Waals surface area contributed by atoms with Crippen LogP contribution in [0.25, 0.3) is 0 Å². The Morgan fingerprint density at radius 1 is 1.23 bits per heavy atom. The van der Waals surface area contributed by atoms with Gasteiger partial charge in [0.15, 0.2) is 0 Å². The van der Waals surface area contributed by atoms with Crippen molar-refractivity contribution in [3.63, 3.8) is 0 Å². The third-order valence-corrected chi connectivity index (χ3v) is 2.45. The molecule has 0 aromatic heterocycles. The van der Waals surface area contributed by atoms with E-state index < -0.39 is 30.8 Å². The van der Waals surface area contributed by atoms with E-state index in [9.17, 15) is 17.6 Å². The van der Waals surface area contributed by atoms with Crippen LogP contribution in [0.3, 0.4) is 0 Å². The molecule has 1 fully saturated rings. The Labute approximate surface area is 74.1 Å². The van der Waals surface area contributed by atoms with Gasteiger partial charge < -0.3 is 4.74 Å². The average Bonchev–Trinajstić information content (AvgIpc) is 2.03. The Kier molecular flexibility index (Phi) is 3.16. The quantitative estimate of drug-likeness (QED) is 0.591. The maximum Gasteiger partial charge on any atom is 0.394 e. The molecule has 5 heteroatoms. The summed E-state index contributed by atoms with van der Waals surface area (Å²) in [5.74, 6) is -1.64. The van der Waals surface area contributed by atoms with E-state index in [0.29, 0.717) is 0 Å². The van der Waals surface area contributed by atoms with Gasteiger partial charge in [0.25, 0.3) is 0 Å². The summed E-state index contributed by atoms with van der Waals surface area (Å²) in [4.78, 5) is 0. The van der Waals surface area contributed by atoms with E-state index in [4.69, 9.17) is 4.74 Å². The second-order valence-corrected chi connectivity index (χ2v) is 3.33. The lowest BCUT2D eigenvalue weighted by atomic mass is 9.85. The molecule has 0 amide bonds. The van der Waals surface area contributed by atoms with Gasteiger partial charge in [0.2, 0.25) is 0 Å². The minimum absolute atomic E-state index is 0.155. The van der Waals surface area contributed by atoms with E-state index in [0.717, 1.165) is 0 Å². The van der Waals surface area contributed by atoms with Crippen molar-refractivity contribution in [2.75, 3.05) is 7.11 Å². The molecule has 0 radical (unpaired) electrons. The van der Waals surface area contributed by atoms with E-state index in [1.54, 1.807) is 0 Å². The van der Waals surface area contributed by atoms with E-state index in [2.05, 4.69) is 0 Å². The largest absolute Gasteiger partial charge is 0.394 e. The molecular weight excluding hydrogens is 188 g/mol. The third-order valence-electron chi connectivity index (χ3n) is 2.45. The molecular formula is C8H12F4O. The highest BCUT2D eigenvalue weighted by atomic mass is 19.4. The van der Waals surface area contributed by atoms with Gasteiger partial charge in [-0.2, -0.15) is 13.2 Å². The van der Waals surface area contributed by atoms with Gasteiger partial charge in [0, 0.05) is 7.11 Å². The highest BCUT2D eigenvalue weighted by Gasteiger charge is 2.48. The molecule has 0 spiro atoms. The SMILES string of the molecule is COC1CCC(F)CC1C(F)(F)F. The molecule has 3 atom stereocenters. The van der Waals surface area contributed by atoms with Crippen molar-refractivity contribution < 1.29 is 22.3 Å². The Morgan fingerprint density at radius 3 is 2.31 bits per heavy atom. The monoisotopic (exact) mass is 200 g/mol. The molecule has 1 rings (SSSR count). The van der Waals surface area contributed by atoms with Gasteiger partial charge in [-0.25, -0.2) is 4.39 Å². The van der Waals surface area contributed by atoms with Gasteiger partial charge in [-0.15, -0.1) is 0 Å². The van der Waals surface area contributed by atoms with E-state index in [1.165, 1.54) is 7.11 Å². The van der Waals surface area contributed by atoms with Gasteiger partial charge in [-0.05, 0) is 19.3 Å². The molecule has 0 aliphatic heterocycles. The molecule has 0 heterocycles. The first-order chi connectivity index (χ1) is 5.95. The second kappa shape index (κ2) is 3.82. The summed E-state index contributed by atoms with van der Waals surface area (Å²) in [6.07, 6.45) is -6.68. The third kappa shape index (κ3) is 2.56. The molecule has 1 saturated carbocycles. The van der Waals surface area contributed by atoms with Gasteiger partial charge in [0.1, 0.15) is 6.17 Å². The summed E-state index contributed by atoms with van der Waals surface area (Å²) < 4.78 is 54.3. The van der Waals surface area contributed by atoms with Crippen molar-refractivity contribution in [2.45, 2.75) is 37.7 Å². The first-order valence-corrected chi connectivity index (χ1v) is 4.18. The Bertz CT molecular complexity index is 168. The first-order valence-electron chi connectivity index (χ1n) is 4.18. The summed E-state index contributed by atoms with van der Waals surface area (Å²) in [5, 5.41) is 0. The number of rotatable bonds is 1. The van der Waals surface area contributed by atoms with Crippen LogP contribution in [0, 0.1) is 5.92 Å². The molecule has 0 N–H and O–H groups in total. The lowest BCUT2D eigenvalue weighted by Gasteiger charge is -2.33. The average molecular weight is 200 g/mol. The van der Waals surface area contributed by atoms with Gasteiger partial charge in [0.05, 0.1) is 12.0 Å². The molecule has 1 aliphatic carbocycles. The fraction of sp³-hybridized carbons (Fsp3) is 1.00. The molecule has 0 aromatic rings. The van der Waals surface area contributed by atoms with Crippen molar-refractivity contribution in [2.24, 2.45) is 5.92 Å². The predicted octanol–water partition coefficient (Wildman–Crippen LogP) is 2.70. The zero-order valence-electron chi connectivity index (χ0n) is 7.27. The minimum Gasteiger partial charge on any atom is -0.381 e. The highest BCUT2D eigenvalue weighted by Crippen LogP contribution is 2.39. The van der Waals surface area contributed by atoms with Gasteiger partial charge in [-0.3, -0.25) is 0 Å². The lowest BCUT2D eigenvalue weighted by Crippen LogP contribution is -2.40. The van der Waals surface area contributed by atoms with E-state index in [1.807, 2.05) is 0 Å². The molecule has 13 heavy (non-hydrogen) atoms. The summed E-state index contributed by atoms with van der Waals surface area (Å²) in [5.41, 5.74) is 0. The maximum absolute atomic E-state index is 12.7. The second-order valence-electron chi connectivity index (χ2n) is 3.33. The Hall–Kier alpha value is -0.320. The van der Waals surface area contributed by atoms with Crippen molar-refractivity contribution in [1.82, 2.24) is 0 Å². The zero-order chi connectivity index (χ0) is 10.1. The zero-order valence-corrected chi connectivity index (χ0v) is 7.27. The summed E-state index contributed by atoms with van der Waals surface area (Å²) in [7, 11) is 1.24. The van der Waals surface area contributed by atoms with E-state index >= 15 is 0 Å². The number of hydrogen-bond acceptors (Lipinski definition) is 1. The van der Waals surface area contributed by atoms with Crippen molar-refractivity contribution in [1.29, 1.82) is 0 Å². The number of hydrogen-bond donors (Lipinski definition) is 0. The maximum atomic E-state index is 12.7. The number of methoxy groups -OCH3 is 1. The smallest absolute Gasteiger partial charge is 0.381 e. The van der Waals surface area contributed by atoms with Gasteiger partial charge in [-0.1, -0.05) is 0 Å². The van der Waals surface area contributed by atoms with E-state index in [-0.39, 0.29) is 12.8 Å². The van der Waals surface area contributed by atoms with Crippen molar-refractivity contribution in [3.8, 4) is 0 Å². The molecule has 0 bridgehead atoms. The summed E-state index contributed by atoms with van der Waals surface area (Å²) in [6.45, 7) is 0. The van der Waals surface area contributed by atoms with Crippen molar-refractivity contribution in [3.05, 3.63) is 0 Å². The number of alkyl halides is 4. The standard InChI is InChI=1S/C8H12F4O/c1-13-7-3-2-5(9)4-6(7)8(10,11)12/h5-7H,2-4H2,1H3. The fourth-order valence-electron chi connectivity index (χ4n) is 1.72. The normalized spacial score (nSPS) is 36.2. The minimum atomic E-state index is -4.34. The first kappa shape index (κ1) is 10.8. The molecule has 0 saturated heterocycles. The molecule has 3 unspecified atom stereocenters. The molecule has 1 aliphatic rings. The van der Waals surface area contributed by atoms with Crippen LogP contribution < -0.4 is 0 Å². The van der Waals surface area contributed by atoms with Crippen LogP contribution in [0.2, 0.25) is 0 Å². The number of halogens is 4. The van der Waals surface area contributed by atoms with Crippen LogP contribution >= 0.6 is 0 Å². The Balaban J connectivity index is 2.65. The highest BCUT2D eigenvalue weighted by molar-refractivity contribution is 4.85. The summed E-state index contributed by atoms with van der Waals surface area (Å²) in [6, 6.07) is 0. The summed E-state index contributed by atoms with van der Waals surface area (Å²) >= 11 is 0. The lowest BCUT2D eigenvalue weighted by molar-refractivity contribution is -0.217.